The molecule has 106 valence electrons. The minimum atomic E-state index is -0.873. The Morgan fingerprint density at radius 2 is 2.20 bits per heavy atom. The minimum Gasteiger partial charge on any atom is -0.390 e. The van der Waals surface area contributed by atoms with E-state index in [1.54, 1.807) is 0 Å². The number of benzene rings is 1. The second-order valence-electron chi connectivity index (χ2n) is 3.90. The molecule has 0 saturated carbocycles. The fraction of sp³-hybridized carbons (Fsp3) is 0.250. The molecule has 0 unspecified atom stereocenters. The molecule has 2 aromatic rings. The third kappa shape index (κ3) is 2.97. The smallest absolute Gasteiger partial charge is 0.390 e. The largest absolute Gasteiger partial charge is 0.437 e. The molecule has 6 nitrogen and oxygen atoms in total. The number of aromatic nitrogens is 2. The van der Waals surface area contributed by atoms with Gasteiger partial charge in [0.15, 0.2) is 5.78 Å². The first-order chi connectivity index (χ1) is 9.51. The Labute approximate surface area is 111 Å². The van der Waals surface area contributed by atoms with Crippen LogP contribution in [0.25, 0.3) is 0 Å². The van der Waals surface area contributed by atoms with E-state index in [0.717, 1.165) is 22.9 Å². The summed E-state index contributed by atoms with van der Waals surface area (Å²) in [5, 5.41) is 3.69. The molecule has 1 heterocycles. The van der Waals surface area contributed by atoms with Crippen molar-refractivity contribution < 1.29 is 22.7 Å². The first-order valence-electron chi connectivity index (χ1n) is 5.55. The van der Waals surface area contributed by atoms with Crippen LogP contribution in [0.2, 0.25) is 0 Å². The van der Waals surface area contributed by atoms with Crippen LogP contribution in [-0.2, 0) is 17.9 Å². The Morgan fingerprint density at radius 1 is 1.45 bits per heavy atom. The number of nitrogens with zero attached hydrogens (tertiary/aromatic N) is 2. The van der Waals surface area contributed by atoms with Gasteiger partial charge in [0.25, 0.3) is 0 Å². The van der Waals surface area contributed by atoms with E-state index in [1.807, 2.05) is 0 Å². The lowest BCUT2D eigenvalue weighted by molar-refractivity contribution is 0.0960. The van der Waals surface area contributed by atoms with E-state index in [0.29, 0.717) is 0 Å². The maximum absolute atomic E-state index is 13.4. The van der Waals surface area contributed by atoms with Crippen LogP contribution in [-0.4, -0.2) is 22.7 Å². The Kier molecular flexibility index (Phi) is 4.04. The predicted molar refractivity (Wildman–Crippen MR) is 62.2 cm³/mol. The second-order valence-corrected chi connectivity index (χ2v) is 3.90. The number of carbonyl (C=O) groups is 1. The summed E-state index contributed by atoms with van der Waals surface area (Å²) >= 11 is 0. The highest BCUT2D eigenvalue weighted by Crippen LogP contribution is 2.11. The summed E-state index contributed by atoms with van der Waals surface area (Å²) in [5.41, 5.74) is -0.451. The van der Waals surface area contributed by atoms with Crippen LogP contribution in [0, 0.1) is 11.6 Å². The van der Waals surface area contributed by atoms with Crippen LogP contribution in [0.1, 0.15) is 16.2 Å². The number of hydrogen-bond donors (Lipinski definition) is 0. The number of carbonyl (C=O) groups excluding carboxylic acids is 1. The molecule has 8 heteroatoms. The first-order valence-corrected chi connectivity index (χ1v) is 5.55. The fourth-order valence-electron chi connectivity index (χ4n) is 1.56. The molecule has 1 aromatic heterocycles. The summed E-state index contributed by atoms with van der Waals surface area (Å²) in [4.78, 5) is 23.2. The molecular formula is C12H10F2N2O4. The van der Waals surface area contributed by atoms with Crippen molar-refractivity contribution in [2.45, 2.75) is 13.2 Å². The molecule has 0 amide bonds. The molecule has 0 N–H and O–H groups in total. The minimum absolute atomic E-state index is 0.00925. The van der Waals surface area contributed by atoms with Crippen molar-refractivity contribution in [3.8, 4) is 0 Å². The van der Waals surface area contributed by atoms with Gasteiger partial charge < -0.3 is 9.15 Å². The summed E-state index contributed by atoms with van der Waals surface area (Å²) in [6.45, 7) is -0.586. The number of ether oxygens (including phenoxy) is 1. The number of hydrogen-bond acceptors (Lipinski definition) is 5. The zero-order valence-corrected chi connectivity index (χ0v) is 10.4. The Balaban J connectivity index is 2.23. The van der Waals surface area contributed by atoms with Crippen LogP contribution in [0.3, 0.4) is 0 Å². The molecule has 0 radical (unpaired) electrons. The zero-order chi connectivity index (χ0) is 14.7. The maximum atomic E-state index is 13.4. The first kappa shape index (κ1) is 14.1. The summed E-state index contributed by atoms with van der Waals surface area (Å²) < 4.78 is 36.5. The average Bonchev–Trinajstić information content (AvgIpc) is 2.73. The van der Waals surface area contributed by atoms with Crippen molar-refractivity contribution in [3.05, 3.63) is 51.8 Å². The fourth-order valence-corrected chi connectivity index (χ4v) is 1.56. The van der Waals surface area contributed by atoms with Crippen LogP contribution >= 0.6 is 0 Å². The van der Waals surface area contributed by atoms with E-state index in [2.05, 4.69) is 5.10 Å². The molecule has 0 aliphatic heterocycles. The van der Waals surface area contributed by atoms with Crippen molar-refractivity contribution >= 4 is 5.78 Å². The average molecular weight is 284 g/mol. The maximum Gasteiger partial charge on any atom is 0.437 e. The highest BCUT2D eigenvalue weighted by Gasteiger charge is 2.17. The molecule has 0 aliphatic rings. The van der Waals surface area contributed by atoms with Crippen molar-refractivity contribution in [2.24, 2.45) is 0 Å². The van der Waals surface area contributed by atoms with Gasteiger partial charge in [-0.3, -0.25) is 4.79 Å². The van der Waals surface area contributed by atoms with Crippen LogP contribution in [0.15, 0.2) is 27.4 Å². The highest BCUT2D eigenvalue weighted by molar-refractivity contribution is 5.96. The van der Waals surface area contributed by atoms with Gasteiger partial charge in [0.2, 0.25) is 5.89 Å². The lowest BCUT2D eigenvalue weighted by Gasteiger charge is -2.01. The lowest BCUT2D eigenvalue weighted by atomic mass is 10.1. The molecule has 20 heavy (non-hydrogen) atoms. The molecular weight excluding hydrogens is 274 g/mol. The molecule has 1 aromatic carbocycles. The zero-order valence-electron chi connectivity index (χ0n) is 10.4. The van der Waals surface area contributed by atoms with Crippen LogP contribution in [0.4, 0.5) is 8.78 Å². The van der Waals surface area contributed by atoms with E-state index in [1.165, 1.54) is 7.11 Å². The van der Waals surface area contributed by atoms with Crippen molar-refractivity contribution in [3.63, 3.8) is 0 Å². The van der Waals surface area contributed by atoms with Gasteiger partial charge >= 0.3 is 5.76 Å². The van der Waals surface area contributed by atoms with Crippen molar-refractivity contribution in [1.29, 1.82) is 0 Å². The summed E-state index contributed by atoms with van der Waals surface area (Å²) in [6, 6.07) is 2.49. The molecule has 0 fully saturated rings. The Bertz CT molecular complexity index is 693. The highest BCUT2D eigenvalue weighted by atomic mass is 19.1. The third-order valence-electron chi connectivity index (χ3n) is 2.44. The standard InChI is InChI=1S/C12H10F2N2O4/c1-19-6-11-15-16(12(18)20-11)5-10(17)8-4-7(13)2-3-9(8)14/h2-4H,5-6H2,1H3. The Morgan fingerprint density at radius 3 is 2.90 bits per heavy atom. The van der Waals surface area contributed by atoms with E-state index >= 15 is 0 Å². The number of halogens is 2. The van der Waals surface area contributed by atoms with Gasteiger partial charge in [-0.05, 0) is 18.2 Å². The van der Waals surface area contributed by atoms with Gasteiger partial charge in [-0.15, -0.1) is 5.10 Å². The van der Waals surface area contributed by atoms with Crippen LogP contribution < -0.4 is 5.76 Å². The van der Waals surface area contributed by atoms with Crippen molar-refractivity contribution in [2.75, 3.05) is 7.11 Å². The van der Waals surface area contributed by atoms with E-state index in [4.69, 9.17) is 9.15 Å². The quantitative estimate of drug-likeness (QED) is 0.770. The molecule has 0 bridgehead atoms. The van der Waals surface area contributed by atoms with Gasteiger partial charge in [-0.2, -0.15) is 4.68 Å². The van der Waals surface area contributed by atoms with E-state index < -0.39 is 35.3 Å². The molecule has 0 saturated heterocycles. The Hall–Kier alpha value is -2.35. The topological polar surface area (TPSA) is 74.3 Å². The van der Waals surface area contributed by atoms with Gasteiger partial charge in [-0.25, -0.2) is 13.6 Å². The molecule has 0 atom stereocenters. The van der Waals surface area contributed by atoms with Gasteiger partial charge in [-0.1, -0.05) is 0 Å². The third-order valence-corrected chi connectivity index (χ3v) is 2.44. The number of rotatable bonds is 5. The SMILES string of the molecule is COCc1nn(CC(=O)c2cc(F)ccc2F)c(=O)o1. The lowest BCUT2D eigenvalue weighted by Crippen LogP contribution is -2.22. The number of Topliss-reactive ketones (excluding diaryl/α,β-unsaturated/α-hetero) is 1. The van der Waals surface area contributed by atoms with Gasteiger partial charge in [0.05, 0.1) is 5.56 Å². The normalized spacial score (nSPS) is 10.8. The van der Waals surface area contributed by atoms with Gasteiger partial charge in [0, 0.05) is 7.11 Å². The molecule has 0 aliphatic carbocycles. The summed E-state index contributed by atoms with van der Waals surface area (Å²) in [5.74, 6) is -3.29. The van der Waals surface area contributed by atoms with Crippen molar-refractivity contribution in [1.82, 2.24) is 9.78 Å². The molecule has 0 spiro atoms. The predicted octanol–water partition coefficient (Wildman–Crippen LogP) is 1.14. The van der Waals surface area contributed by atoms with E-state index in [-0.39, 0.29) is 12.5 Å². The number of ketones is 1. The van der Waals surface area contributed by atoms with Gasteiger partial charge in [0.1, 0.15) is 24.8 Å². The van der Waals surface area contributed by atoms with Crippen LogP contribution in [0.5, 0.6) is 0 Å². The van der Waals surface area contributed by atoms with E-state index in [9.17, 15) is 18.4 Å². The summed E-state index contributed by atoms with van der Waals surface area (Å²) in [6.07, 6.45) is 0. The molecule has 2 rings (SSSR count). The number of methoxy groups -OCH3 is 1. The summed E-state index contributed by atoms with van der Waals surface area (Å²) in [7, 11) is 1.38. The monoisotopic (exact) mass is 284 g/mol. The second kappa shape index (κ2) is 5.74.